The predicted octanol–water partition coefficient (Wildman–Crippen LogP) is 5.24. The van der Waals surface area contributed by atoms with Crippen molar-refractivity contribution in [1.82, 2.24) is 0 Å². The van der Waals surface area contributed by atoms with Crippen LogP contribution in [0.3, 0.4) is 0 Å². The summed E-state index contributed by atoms with van der Waals surface area (Å²) in [6.45, 7) is 0. The molecule has 1 aliphatic rings. The first kappa shape index (κ1) is 17.6. The third kappa shape index (κ3) is 3.95. The number of hydrogen-bond acceptors (Lipinski definition) is 2. The maximum atomic E-state index is 5.50. The van der Waals surface area contributed by atoms with E-state index in [1.165, 1.54) is 16.7 Å². The van der Waals surface area contributed by atoms with Gasteiger partial charge >= 0.3 is 37.9 Å². The Labute approximate surface area is 149 Å². The van der Waals surface area contributed by atoms with Crippen LogP contribution in [0, 0.1) is 0 Å². The Morgan fingerprint density at radius 1 is 0.955 bits per heavy atom. The van der Waals surface area contributed by atoms with E-state index in [-0.39, 0.29) is 5.92 Å². The Morgan fingerprint density at radius 2 is 1.68 bits per heavy atom. The molecule has 1 atom stereocenters. The molecule has 0 saturated carbocycles. The van der Waals surface area contributed by atoms with Gasteiger partial charge in [-0.15, -0.1) is 0 Å². The third-order valence-corrected chi connectivity index (χ3v) is 3.58. The Hall–Kier alpha value is -0.757. The molecule has 1 unspecified atom stereocenters. The zero-order valence-corrected chi connectivity index (χ0v) is 16.3. The summed E-state index contributed by atoms with van der Waals surface area (Å²) in [7, 11) is 13.2. The van der Waals surface area contributed by atoms with Crippen LogP contribution in [0.2, 0.25) is 0 Å². The monoisotopic (exact) mass is 412 g/mol. The molecule has 0 radical (unpaired) electrons. The molecule has 2 aromatic rings. The summed E-state index contributed by atoms with van der Waals surface area (Å²) in [4.78, 5) is 0. The molecule has 0 bridgehead atoms. The van der Waals surface area contributed by atoms with Crippen molar-refractivity contribution in [3.63, 3.8) is 0 Å². The Bertz CT molecular complexity index is 659. The van der Waals surface area contributed by atoms with E-state index >= 15 is 0 Å². The SMILES string of the molecule is COc1ccc(C2C=Cc3ccccc32)c(OC)c1.[Cl][Zr][Cl]. The summed E-state index contributed by atoms with van der Waals surface area (Å²) in [5.41, 5.74) is 3.78. The van der Waals surface area contributed by atoms with Gasteiger partial charge in [0.05, 0.1) is 14.2 Å². The van der Waals surface area contributed by atoms with Gasteiger partial charge < -0.3 is 9.47 Å². The zero-order chi connectivity index (χ0) is 15.9. The van der Waals surface area contributed by atoms with E-state index in [0.29, 0.717) is 0 Å². The average molecular weight is 414 g/mol. The van der Waals surface area contributed by atoms with Gasteiger partial charge in [0.25, 0.3) is 0 Å². The van der Waals surface area contributed by atoms with Crippen LogP contribution in [0.1, 0.15) is 22.6 Å². The number of methoxy groups -OCH3 is 2. The van der Waals surface area contributed by atoms with Gasteiger partial charge in [-0.05, 0) is 17.2 Å². The zero-order valence-electron chi connectivity index (χ0n) is 12.3. The number of ether oxygens (including phenoxy) is 2. The number of hydrogen-bond donors (Lipinski definition) is 0. The summed E-state index contributed by atoms with van der Waals surface area (Å²) in [6, 6.07) is 14.4. The molecule has 1 aliphatic carbocycles. The minimum absolute atomic E-state index is 0.261. The quantitative estimate of drug-likeness (QED) is 0.684. The van der Waals surface area contributed by atoms with Crippen LogP contribution < -0.4 is 9.47 Å². The second-order valence-electron chi connectivity index (χ2n) is 4.65. The van der Waals surface area contributed by atoms with Crippen LogP contribution in [-0.4, -0.2) is 14.2 Å². The van der Waals surface area contributed by atoms with Gasteiger partial charge in [-0.3, -0.25) is 0 Å². The normalized spacial score (nSPS) is 14.6. The van der Waals surface area contributed by atoms with Crippen LogP contribution >= 0.6 is 17.0 Å². The van der Waals surface area contributed by atoms with Crippen LogP contribution in [0.4, 0.5) is 0 Å². The minimum atomic E-state index is -0.826. The first-order valence-electron chi connectivity index (χ1n) is 6.70. The standard InChI is InChI=1S/C17H16O2.2ClH.Zr/c1-18-13-8-10-16(17(11-13)19-2)15-9-7-12-5-3-4-6-14(12)15;;;/h3-11,15H,1-2H3;2*1H;/q;;;+2/p-2. The molecule has 2 aromatic carbocycles. The molecule has 22 heavy (non-hydrogen) atoms. The second kappa shape index (κ2) is 8.77. The van der Waals surface area contributed by atoms with Crippen molar-refractivity contribution in [2.75, 3.05) is 14.2 Å². The number of halogens is 2. The van der Waals surface area contributed by atoms with Gasteiger partial charge in [-0.25, -0.2) is 0 Å². The van der Waals surface area contributed by atoms with Crippen LogP contribution in [-0.2, 0) is 20.8 Å². The van der Waals surface area contributed by atoms with E-state index in [2.05, 4.69) is 42.5 Å². The van der Waals surface area contributed by atoms with Crippen LogP contribution in [0.15, 0.2) is 48.5 Å². The fourth-order valence-corrected chi connectivity index (χ4v) is 2.60. The van der Waals surface area contributed by atoms with Crippen LogP contribution in [0.25, 0.3) is 6.08 Å². The van der Waals surface area contributed by atoms with E-state index in [1.807, 2.05) is 12.1 Å². The molecule has 0 heterocycles. The van der Waals surface area contributed by atoms with Gasteiger partial charge in [0.2, 0.25) is 0 Å². The number of rotatable bonds is 3. The molecule has 2 nitrogen and oxygen atoms in total. The molecule has 0 aliphatic heterocycles. The summed E-state index contributed by atoms with van der Waals surface area (Å²) in [6.07, 6.45) is 4.39. The second-order valence-corrected chi connectivity index (χ2v) is 8.38. The van der Waals surface area contributed by atoms with Crippen LogP contribution in [0.5, 0.6) is 11.5 Å². The summed E-state index contributed by atoms with van der Waals surface area (Å²) >= 11 is -0.826. The van der Waals surface area contributed by atoms with Crippen molar-refractivity contribution in [2.24, 2.45) is 0 Å². The molecule has 0 aromatic heterocycles. The van der Waals surface area contributed by atoms with E-state index in [4.69, 9.17) is 26.5 Å². The molecular weight excluding hydrogens is 398 g/mol. The molecule has 0 amide bonds. The molecule has 114 valence electrons. The third-order valence-electron chi connectivity index (χ3n) is 3.58. The van der Waals surface area contributed by atoms with Crippen molar-refractivity contribution in [1.29, 1.82) is 0 Å². The van der Waals surface area contributed by atoms with Crippen molar-refractivity contribution in [3.05, 3.63) is 65.2 Å². The molecular formula is C17H16Cl2O2Zr. The first-order valence-corrected chi connectivity index (χ1v) is 13.0. The summed E-state index contributed by atoms with van der Waals surface area (Å²) < 4.78 is 10.7. The van der Waals surface area contributed by atoms with Crippen molar-refractivity contribution >= 4 is 23.1 Å². The van der Waals surface area contributed by atoms with Gasteiger partial charge in [-0.2, -0.15) is 0 Å². The molecule has 0 spiro atoms. The predicted molar refractivity (Wildman–Crippen MR) is 88.6 cm³/mol. The van der Waals surface area contributed by atoms with E-state index in [1.54, 1.807) is 14.2 Å². The number of benzene rings is 2. The van der Waals surface area contributed by atoms with E-state index in [9.17, 15) is 0 Å². The van der Waals surface area contributed by atoms with Crippen molar-refractivity contribution < 1.29 is 30.3 Å². The number of allylic oxidation sites excluding steroid dienone is 1. The van der Waals surface area contributed by atoms with Crippen molar-refractivity contribution in [2.45, 2.75) is 5.92 Å². The van der Waals surface area contributed by atoms with Gasteiger partial charge in [0.1, 0.15) is 11.5 Å². The number of fused-ring (bicyclic) bond motifs is 1. The van der Waals surface area contributed by atoms with Gasteiger partial charge in [0.15, 0.2) is 0 Å². The van der Waals surface area contributed by atoms with E-state index < -0.39 is 20.8 Å². The molecule has 5 heteroatoms. The average Bonchev–Trinajstić information content (AvgIpc) is 2.99. The molecule has 0 fully saturated rings. The molecule has 3 rings (SSSR count). The molecule has 0 saturated heterocycles. The Kier molecular flexibility index (Phi) is 7.01. The van der Waals surface area contributed by atoms with Gasteiger partial charge in [-0.1, -0.05) is 42.5 Å². The summed E-state index contributed by atoms with van der Waals surface area (Å²) in [5, 5.41) is 0. The Morgan fingerprint density at radius 3 is 2.36 bits per heavy atom. The van der Waals surface area contributed by atoms with Crippen molar-refractivity contribution in [3.8, 4) is 11.5 Å². The fourth-order valence-electron chi connectivity index (χ4n) is 2.60. The molecule has 0 N–H and O–H groups in total. The fraction of sp³-hybridized carbons (Fsp3) is 0.176. The topological polar surface area (TPSA) is 18.5 Å². The van der Waals surface area contributed by atoms with E-state index in [0.717, 1.165) is 11.5 Å². The van der Waals surface area contributed by atoms with Gasteiger partial charge in [0, 0.05) is 17.5 Å². The maximum absolute atomic E-state index is 5.50. The summed E-state index contributed by atoms with van der Waals surface area (Å²) in [5.74, 6) is 1.94. The Balaban J connectivity index is 0.000000545. The first-order chi connectivity index (χ1) is 10.7.